The molecule has 0 aliphatic rings. The van der Waals surface area contributed by atoms with E-state index in [0.717, 1.165) is 0 Å². The van der Waals surface area contributed by atoms with Gasteiger partial charge in [0.1, 0.15) is 23.1 Å². The first kappa shape index (κ1) is 22.0. The summed E-state index contributed by atoms with van der Waals surface area (Å²) in [5, 5.41) is 12.1. The molecule has 6 nitrogen and oxygen atoms in total. The number of benzene rings is 2. The molecule has 0 saturated heterocycles. The molecule has 0 unspecified atom stereocenters. The molecule has 0 bridgehead atoms. The third-order valence-corrected chi connectivity index (χ3v) is 6.28. The Morgan fingerprint density at radius 1 is 1.09 bits per heavy atom. The molecule has 4 rings (SSSR count). The average molecular weight is 459 g/mol. The molecule has 0 aliphatic carbocycles. The molecule has 0 saturated carbocycles. The number of anilines is 1. The number of para-hydroxylation sites is 1. The molecule has 0 atom stereocenters. The maximum Gasteiger partial charge on any atom is 0.295 e. The van der Waals surface area contributed by atoms with Crippen molar-refractivity contribution >= 4 is 29.0 Å². The Kier molecular flexibility index (Phi) is 6.07. The van der Waals surface area contributed by atoms with Gasteiger partial charge in [-0.25, -0.2) is 9.07 Å². The molecule has 2 aromatic carbocycles. The molecular formula is C25H19FN4O2S. The summed E-state index contributed by atoms with van der Waals surface area (Å²) in [7, 11) is 1.72. The molecule has 8 heteroatoms. The van der Waals surface area contributed by atoms with Gasteiger partial charge in [0.25, 0.3) is 11.5 Å². The Balaban J connectivity index is 1.63. The highest BCUT2D eigenvalue weighted by atomic mass is 32.1. The zero-order chi connectivity index (χ0) is 23.5. The first-order valence-corrected chi connectivity index (χ1v) is 10.8. The Morgan fingerprint density at radius 2 is 1.79 bits per heavy atom. The first-order valence-electron chi connectivity index (χ1n) is 10.0. The van der Waals surface area contributed by atoms with E-state index in [9.17, 15) is 19.2 Å². The minimum Gasteiger partial charge on any atom is -0.315 e. The number of rotatable bonds is 5. The normalized spacial score (nSPS) is 11.3. The Bertz CT molecular complexity index is 1470. The predicted octanol–water partition coefficient (Wildman–Crippen LogP) is 4.90. The van der Waals surface area contributed by atoms with Crippen molar-refractivity contribution in [2.75, 3.05) is 5.32 Å². The third-order valence-electron chi connectivity index (χ3n) is 5.21. The minimum atomic E-state index is -0.690. The van der Waals surface area contributed by atoms with E-state index in [4.69, 9.17) is 0 Å². The summed E-state index contributed by atoms with van der Waals surface area (Å²) in [6, 6.07) is 20.8. The summed E-state index contributed by atoms with van der Waals surface area (Å²) in [5.74, 6) is -1.04. The van der Waals surface area contributed by atoms with Crippen LogP contribution in [-0.2, 0) is 11.8 Å². The predicted molar refractivity (Wildman–Crippen MR) is 128 cm³/mol. The molecule has 33 heavy (non-hydrogen) atoms. The number of nitrogens with one attached hydrogen (secondary N) is 1. The van der Waals surface area contributed by atoms with Crippen molar-refractivity contribution < 1.29 is 9.18 Å². The maximum atomic E-state index is 14.1. The van der Waals surface area contributed by atoms with Gasteiger partial charge in [-0.05, 0) is 43.3 Å². The van der Waals surface area contributed by atoms with Crippen LogP contribution in [0.4, 0.5) is 10.1 Å². The molecule has 0 fully saturated rings. The Labute approximate surface area is 193 Å². The monoisotopic (exact) mass is 458 g/mol. The van der Waals surface area contributed by atoms with E-state index >= 15 is 0 Å². The van der Waals surface area contributed by atoms with E-state index in [1.807, 2.05) is 24.3 Å². The molecule has 0 spiro atoms. The number of nitriles is 1. The lowest BCUT2D eigenvalue weighted by Gasteiger charge is -2.07. The van der Waals surface area contributed by atoms with Crippen LogP contribution in [0.2, 0.25) is 0 Å². The Morgan fingerprint density at radius 3 is 2.48 bits per heavy atom. The van der Waals surface area contributed by atoms with Gasteiger partial charge in [0, 0.05) is 22.4 Å². The largest absolute Gasteiger partial charge is 0.315 e. The summed E-state index contributed by atoms with van der Waals surface area (Å²) in [5.41, 5.74) is 1.20. The number of hydrogen-bond acceptors (Lipinski definition) is 4. The van der Waals surface area contributed by atoms with Gasteiger partial charge in [0.05, 0.1) is 11.4 Å². The smallest absolute Gasteiger partial charge is 0.295 e. The van der Waals surface area contributed by atoms with Crippen molar-refractivity contribution in [3.8, 4) is 22.2 Å². The van der Waals surface area contributed by atoms with Crippen LogP contribution in [0, 0.1) is 24.1 Å². The number of carbonyl (C=O) groups excluding carboxylic acids is 1. The standard InChI is InChI=1S/C25H19FN4O2S/c1-16-23(25(32)30(29(16)2)18-8-4-3-5-9-18)28-24(31)17(15-27)14-19-12-13-22(33-19)20-10-6-7-11-21(20)26/h3-14H,1-2H3,(H,28,31)/b17-14+. The van der Waals surface area contributed by atoms with Crippen LogP contribution in [-0.4, -0.2) is 15.3 Å². The van der Waals surface area contributed by atoms with E-state index in [1.165, 1.54) is 28.2 Å². The highest BCUT2D eigenvalue weighted by molar-refractivity contribution is 7.16. The molecular weight excluding hydrogens is 439 g/mol. The second-order valence-corrected chi connectivity index (χ2v) is 8.36. The fourth-order valence-corrected chi connectivity index (χ4v) is 4.40. The van der Waals surface area contributed by atoms with Crippen molar-refractivity contribution in [2.45, 2.75) is 6.92 Å². The number of hydrogen-bond donors (Lipinski definition) is 1. The second kappa shape index (κ2) is 9.10. The average Bonchev–Trinajstić information content (AvgIpc) is 3.37. The van der Waals surface area contributed by atoms with Gasteiger partial charge in [0.15, 0.2) is 0 Å². The zero-order valence-corrected chi connectivity index (χ0v) is 18.7. The lowest BCUT2D eigenvalue weighted by atomic mass is 10.2. The van der Waals surface area contributed by atoms with E-state index in [2.05, 4.69) is 5.32 Å². The van der Waals surface area contributed by atoms with Gasteiger partial charge < -0.3 is 5.32 Å². The summed E-state index contributed by atoms with van der Waals surface area (Å²) >= 11 is 1.26. The highest BCUT2D eigenvalue weighted by Gasteiger charge is 2.20. The maximum absolute atomic E-state index is 14.1. The SMILES string of the molecule is Cc1c(NC(=O)/C(C#N)=C/c2ccc(-c3ccccc3F)s2)c(=O)n(-c2ccccc2)n1C. The molecule has 1 N–H and O–H groups in total. The van der Waals surface area contributed by atoms with Gasteiger partial charge in [-0.1, -0.05) is 36.4 Å². The van der Waals surface area contributed by atoms with Crippen molar-refractivity contribution in [1.82, 2.24) is 9.36 Å². The van der Waals surface area contributed by atoms with Crippen LogP contribution in [0.1, 0.15) is 10.6 Å². The van der Waals surface area contributed by atoms with Gasteiger partial charge in [-0.3, -0.25) is 14.3 Å². The number of nitrogens with zero attached hydrogens (tertiary/aromatic N) is 3. The third kappa shape index (κ3) is 4.27. The van der Waals surface area contributed by atoms with Crippen molar-refractivity contribution in [1.29, 1.82) is 5.26 Å². The van der Waals surface area contributed by atoms with E-state index in [-0.39, 0.29) is 17.1 Å². The van der Waals surface area contributed by atoms with Gasteiger partial charge in [-0.15, -0.1) is 11.3 Å². The fourth-order valence-electron chi connectivity index (χ4n) is 3.42. The van der Waals surface area contributed by atoms with E-state index < -0.39 is 11.5 Å². The highest BCUT2D eigenvalue weighted by Crippen LogP contribution is 2.31. The quantitative estimate of drug-likeness (QED) is 0.341. The first-order chi connectivity index (χ1) is 15.9. The zero-order valence-electron chi connectivity index (χ0n) is 17.9. The number of thiophene rings is 1. The van der Waals surface area contributed by atoms with Gasteiger partial charge in [0.2, 0.25) is 0 Å². The summed E-state index contributed by atoms with van der Waals surface area (Å²) in [6.45, 7) is 1.71. The van der Waals surface area contributed by atoms with Crippen molar-refractivity contribution in [2.24, 2.45) is 7.05 Å². The fraction of sp³-hybridized carbons (Fsp3) is 0.0800. The van der Waals surface area contributed by atoms with E-state index in [1.54, 1.807) is 61.1 Å². The lowest BCUT2D eigenvalue weighted by Crippen LogP contribution is -2.23. The van der Waals surface area contributed by atoms with E-state index in [0.29, 0.717) is 26.7 Å². The van der Waals surface area contributed by atoms with Crippen LogP contribution < -0.4 is 10.9 Å². The van der Waals surface area contributed by atoms with Crippen LogP contribution in [0.5, 0.6) is 0 Å². The lowest BCUT2D eigenvalue weighted by molar-refractivity contribution is -0.112. The van der Waals surface area contributed by atoms with Crippen LogP contribution in [0.15, 0.2) is 77.1 Å². The number of aromatic nitrogens is 2. The topological polar surface area (TPSA) is 79.8 Å². The second-order valence-electron chi connectivity index (χ2n) is 7.24. The molecule has 0 aliphatic heterocycles. The molecule has 2 aromatic heterocycles. The van der Waals surface area contributed by atoms with Gasteiger partial charge in [-0.2, -0.15) is 5.26 Å². The Hall–Kier alpha value is -4.22. The summed E-state index contributed by atoms with van der Waals surface area (Å²) < 4.78 is 17.1. The summed E-state index contributed by atoms with van der Waals surface area (Å²) in [4.78, 5) is 27.1. The van der Waals surface area contributed by atoms with Crippen molar-refractivity contribution in [3.05, 3.63) is 99.0 Å². The van der Waals surface area contributed by atoms with Gasteiger partial charge >= 0.3 is 0 Å². The molecule has 2 heterocycles. The number of halogens is 1. The minimum absolute atomic E-state index is 0.103. The molecule has 164 valence electrons. The van der Waals surface area contributed by atoms with Crippen molar-refractivity contribution in [3.63, 3.8) is 0 Å². The molecule has 1 amide bonds. The number of amides is 1. The molecule has 0 radical (unpaired) electrons. The van der Waals surface area contributed by atoms with Crippen LogP contribution in [0.3, 0.4) is 0 Å². The molecule has 4 aromatic rings. The van der Waals surface area contributed by atoms with Crippen LogP contribution in [0.25, 0.3) is 22.2 Å². The summed E-state index contributed by atoms with van der Waals surface area (Å²) in [6.07, 6.45) is 1.43. The number of carbonyl (C=O) groups is 1. The van der Waals surface area contributed by atoms with Crippen LogP contribution >= 0.6 is 11.3 Å².